The fourth-order valence-electron chi connectivity index (χ4n) is 1.86. The molecule has 5 heteroatoms. The van der Waals surface area contributed by atoms with Crippen molar-refractivity contribution in [2.24, 2.45) is 0 Å². The number of rotatable bonds is 4. The summed E-state index contributed by atoms with van der Waals surface area (Å²) >= 11 is 1.70. The van der Waals surface area contributed by atoms with E-state index in [4.69, 9.17) is 0 Å². The van der Waals surface area contributed by atoms with Crippen LogP contribution in [0, 0.1) is 13.8 Å². The van der Waals surface area contributed by atoms with Gasteiger partial charge in [-0.25, -0.2) is 9.97 Å². The van der Waals surface area contributed by atoms with Gasteiger partial charge in [-0.3, -0.25) is 0 Å². The topological polar surface area (TPSA) is 42.7 Å². The first-order chi connectivity index (χ1) is 8.47. The minimum absolute atomic E-state index is 0.214. The number of hydrogen-bond acceptors (Lipinski definition) is 4. The average Bonchev–Trinajstić information content (AvgIpc) is 2.83. The van der Waals surface area contributed by atoms with Gasteiger partial charge in [0.2, 0.25) is 5.95 Å². The maximum Gasteiger partial charge on any atom is 0.203 e. The molecule has 4 nitrogen and oxygen atoms in total. The molecule has 2 heterocycles. The first kappa shape index (κ1) is 13.1. The Labute approximate surface area is 112 Å². The second-order valence-corrected chi connectivity index (χ2v) is 5.80. The third-order valence-corrected chi connectivity index (χ3v) is 3.81. The third kappa shape index (κ3) is 2.72. The molecular weight excluding hydrogens is 244 g/mol. The lowest BCUT2D eigenvalue weighted by Gasteiger charge is -2.16. The van der Waals surface area contributed by atoms with Gasteiger partial charge in [-0.1, -0.05) is 0 Å². The van der Waals surface area contributed by atoms with Crippen LogP contribution in [0.2, 0.25) is 0 Å². The molecule has 0 amide bonds. The molecular formula is C13H20N4S. The number of nitrogens with zero attached hydrogens (tertiary/aromatic N) is 3. The summed E-state index contributed by atoms with van der Waals surface area (Å²) in [5.41, 5.74) is 2.11. The van der Waals surface area contributed by atoms with Crippen molar-refractivity contribution in [2.75, 3.05) is 5.32 Å². The van der Waals surface area contributed by atoms with Crippen LogP contribution in [0.25, 0.3) is 0 Å². The van der Waals surface area contributed by atoms with Crippen LogP contribution in [0.15, 0.2) is 11.6 Å². The van der Waals surface area contributed by atoms with Crippen molar-refractivity contribution in [1.29, 1.82) is 0 Å². The Morgan fingerprint density at radius 1 is 1.17 bits per heavy atom. The van der Waals surface area contributed by atoms with Gasteiger partial charge in [0, 0.05) is 23.3 Å². The van der Waals surface area contributed by atoms with Crippen LogP contribution in [0.5, 0.6) is 0 Å². The van der Waals surface area contributed by atoms with Crippen LogP contribution in [-0.2, 0) is 0 Å². The monoisotopic (exact) mass is 264 g/mol. The molecule has 18 heavy (non-hydrogen) atoms. The molecule has 0 radical (unpaired) electrons. The van der Waals surface area contributed by atoms with Gasteiger partial charge in [-0.2, -0.15) is 0 Å². The van der Waals surface area contributed by atoms with Crippen molar-refractivity contribution >= 4 is 17.3 Å². The predicted molar refractivity (Wildman–Crippen MR) is 76.4 cm³/mol. The fourth-order valence-corrected chi connectivity index (χ4v) is 2.71. The van der Waals surface area contributed by atoms with Crippen LogP contribution in [0.4, 0.5) is 5.95 Å². The van der Waals surface area contributed by atoms with E-state index in [1.165, 1.54) is 0 Å². The molecule has 1 unspecified atom stereocenters. The van der Waals surface area contributed by atoms with Gasteiger partial charge in [-0.15, -0.1) is 11.3 Å². The SMILES string of the molecule is Cc1csc(C(C)n2cc(C)nc2NC(C)C)n1. The van der Waals surface area contributed by atoms with Gasteiger partial charge in [0.1, 0.15) is 5.01 Å². The Hall–Kier alpha value is -1.36. The maximum absolute atomic E-state index is 4.56. The Kier molecular flexibility index (Phi) is 3.71. The van der Waals surface area contributed by atoms with E-state index in [1.807, 2.05) is 13.8 Å². The van der Waals surface area contributed by atoms with E-state index in [0.717, 1.165) is 22.3 Å². The van der Waals surface area contributed by atoms with Crippen LogP contribution in [0.1, 0.15) is 43.2 Å². The van der Waals surface area contributed by atoms with Crippen LogP contribution in [0.3, 0.4) is 0 Å². The van der Waals surface area contributed by atoms with Crippen molar-refractivity contribution in [2.45, 2.75) is 46.7 Å². The van der Waals surface area contributed by atoms with E-state index < -0.39 is 0 Å². The predicted octanol–water partition coefficient (Wildman–Crippen LogP) is 3.39. The van der Waals surface area contributed by atoms with Crippen LogP contribution >= 0.6 is 11.3 Å². The van der Waals surface area contributed by atoms with E-state index in [0.29, 0.717) is 6.04 Å². The summed E-state index contributed by atoms with van der Waals surface area (Å²) in [5.74, 6) is 0.919. The average molecular weight is 264 g/mol. The summed E-state index contributed by atoms with van der Waals surface area (Å²) in [4.78, 5) is 9.09. The number of hydrogen-bond donors (Lipinski definition) is 1. The van der Waals surface area contributed by atoms with E-state index >= 15 is 0 Å². The summed E-state index contributed by atoms with van der Waals surface area (Å²) in [6.45, 7) is 10.4. The fraction of sp³-hybridized carbons (Fsp3) is 0.538. The number of nitrogens with one attached hydrogen (secondary N) is 1. The number of imidazole rings is 1. The number of thiazole rings is 1. The van der Waals surface area contributed by atoms with Crippen molar-refractivity contribution < 1.29 is 0 Å². The quantitative estimate of drug-likeness (QED) is 0.920. The summed E-state index contributed by atoms with van der Waals surface area (Å²) in [6.07, 6.45) is 2.08. The molecule has 0 saturated carbocycles. The van der Waals surface area contributed by atoms with E-state index in [9.17, 15) is 0 Å². The molecule has 0 aromatic carbocycles. The molecule has 1 N–H and O–H groups in total. The molecule has 1 atom stereocenters. The van der Waals surface area contributed by atoms with Crippen LogP contribution in [-0.4, -0.2) is 20.6 Å². The standard InChI is InChI=1S/C13H20N4S/c1-8(2)14-13-16-9(3)6-17(13)11(5)12-15-10(4)7-18-12/h6-8,11H,1-5H3,(H,14,16). The van der Waals surface area contributed by atoms with Crippen LogP contribution < -0.4 is 5.32 Å². The molecule has 0 fully saturated rings. The molecule has 0 aliphatic carbocycles. The summed E-state index contributed by atoms with van der Waals surface area (Å²) in [6, 6.07) is 0.585. The first-order valence-electron chi connectivity index (χ1n) is 6.21. The summed E-state index contributed by atoms with van der Waals surface area (Å²) < 4.78 is 2.16. The Morgan fingerprint density at radius 3 is 2.44 bits per heavy atom. The van der Waals surface area contributed by atoms with Crippen molar-refractivity contribution in [3.8, 4) is 0 Å². The molecule has 0 spiro atoms. The van der Waals surface area contributed by atoms with Gasteiger partial charge >= 0.3 is 0 Å². The highest BCUT2D eigenvalue weighted by Crippen LogP contribution is 2.25. The zero-order valence-corrected chi connectivity index (χ0v) is 12.4. The van der Waals surface area contributed by atoms with Gasteiger partial charge < -0.3 is 9.88 Å². The van der Waals surface area contributed by atoms with Gasteiger partial charge in [-0.05, 0) is 34.6 Å². The Morgan fingerprint density at radius 2 is 1.89 bits per heavy atom. The van der Waals surface area contributed by atoms with Crippen molar-refractivity contribution in [1.82, 2.24) is 14.5 Å². The zero-order valence-electron chi connectivity index (χ0n) is 11.6. The lowest BCUT2D eigenvalue weighted by Crippen LogP contribution is -2.16. The van der Waals surface area contributed by atoms with E-state index in [-0.39, 0.29) is 6.04 Å². The normalized spacial score (nSPS) is 13.0. The zero-order chi connectivity index (χ0) is 13.3. The summed E-state index contributed by atoms with van der Waals surface area (Å²) in [7, 11) is 0. The lowest BCUT2D eigenvalue weighted by molar-refractivity contribution is 0.632. The number of anilines is 1. The molecule has 2 rings (SSSR count). The smallest absolute Gasteiger partial charge is 0.203 e. The minimum Gasteiger partial charge on any atom is -0.353 e. The second-order valence-electron chi connectivity index (χ2n) is 4.92. The number of aryl methyl sites for hydroxylation is 2. The maximum atomic E-state index is 4.56. The summed E-state index contributed by atoms with van der Waals surface area (Å²) in [5, 5.41) is 6.59. The van der Waals surface area contributed by atoms with Crippen molar-refractivity contribution in [3.63, 3.8) is 0 Å². The second kappa shape index (κ2) is 5.10. The highest BCUT2D eigenvalue weighted by atomic mass is 32.1. The molecule has 0 bridgehead atoms. The van der Waals surface area contributed by atoms with E-state index in [2.05, 4.69) is 52.2 Å². The first-order valence-corrected chi connectivity index (χ1v) is 7.09. The molecule has 0 saturated heterocycles. The van der Waals surface area contributed by atoms with Gasteiger partial charge in [0.15, 0.2) is 0 Å². The Balaban J connectivity index is 2.32. The molecule has 0 aliphatic heterocycles. The molecule has 2 aromatic heterocycles. The van der Waals surface area contributed by atoms with Crippen molar-refractivity contribution in [3.05, 3.63) is 28.0 Å². The van der Waals surface area contributed by atoms with E-state index in [1.54, 1.807) is 11.3 Å². The molecule has 98 valence electrons. The highest BCUT2D eigenvalue weighted by molar-refractivity contribution is 7.09. The third-order valence-electron chi connectivity index (χ3n) is 2.68. The lowest BCUT2D eigenvalue weighted by atomic mass is 10.3. The molecule has 0 aliphatic rings. The highest BCUT2D eigenvalue weighted by Gasteiger charge is 2.16. The minimum atomic E-state index is 0.214. The number of aromatic nitrogens is 3. The van der Waals surface area contributed by atoms with Gasteiger partial charge in [0.25, 0.3) is 0 Å². The van der Waals surface area contributed by atoms with Gasteiger partial charge in [0.05, 0.1) is 11.7 Å². The Bertz CT molecular complexity index is 527. The molecule has 2 aromatic rings. The largest absolute Gasteiger partial charge is 0.353 e.